The molecular formula is C60H84N10O12S2. The van der Waals surface area contributed by atoms with E-state index in [0.29, 0.717) is 82.1 Å². The number of hydrogen-bond acceptors (Lipinski definition) is 14. The second-order valence-electron chi connectivity index (χ2n) is 25.2. The monoisotopic (exact) mass is 1200 g/mol. The van der Waals surface area contributed by atoms with Crippen LogP contribution in [0.5, 0.6) is 0 Å². The Balaban J connectivity index is 0.000000239. The van der Waals surface area contributed by atoms with Gasteiger partial charge in [0.25, 0.3) is 0 Å². The Morgan fingerprint density at radius 2 is 1.19 bits per heavy atom. The quantitative estimate of drug-likeness (QED) is 0.133. The molecule has 3 aromatic carbocycles. The average molecular weight is 1200 g/mol. The lowest BCUT2D eigenvalue weighted by Gasteiger charge is -2.43. The largest absolute Gasteiger partial charge is 0.465 e. The van der Waals surface area contributed by atoms with Crippen LogP contribution in [0.3, 0.4) is 0 Å². The van der Waals surface area contributed by atoms with Gasteiger partial charge in [-0.05, 0) is 166 Å². The number of aromatic nitrogens is 2. The van der Waals surface area contributed by atoms with Crippen molar-refractivity contribution in [3.63, 3.8) is 0 Å². The summed E-state index contributed by atoms with van der Waals surface area (Å²) in [6.07, 6.45) is 5.92. The summed E-state index contributed by atoms with van der Waals surface area (Å²) in [4.78, 5) is 82.2. The zero-order chi connectivity index (χ0) is 60.5. The van der Waals surface area contributed by atoms with Crippen molar-refractivity contribution >= 4 is 72.2 Å². The molecule has 4 amide bonds. The summed E-state index contributed by atoms with van der Waals surface area (Å²) in [6.45, 7) is 17.0. The van der Waals surface area contributed by atoms with Gasteiger partial charge < -0.3 is 34.8 Å². The molecule has 0 aliphatic carbocycles. The molecule has 458 valence electrons. The van der Waals surface area contributed by atoms with Gasteiger partial charge >= 0.3 is 17.9 Å². The highest BCUT2D eigenvalue weighted by Gasteiger charge is 2.39. The van der Waals surface area contributed by atoms with E-state index in [2.05, 4.69) is 26.5 Å². The van der Waals surface area contributed by atoms with E-state index in [1.54, 1.807) is 46.5 Å². The fourth-order valence-corrected chi connectivity index (χ4v) is 16.2. The minimum atomic E-state index is -3.68. The number of Topliss-reactive ketones (excluding diaryl/α,β-unsaturated/α-hetero) is 1. The topological polar surface area (TPSA) is 254 Å². The first-order valence-corrected chi connectivity index (χ1v) is 32.6. The lowest BCUT2D eigenvalue weighted by atomic mass is 9.87. The maximum Gasteiger partial charge on any atom is 0.407 e. The maximum absolute atomic E-state index is 13.7. The number of likely N-dealkylation sites (tertiary alicyclic amines) is 1. The van der Waals surface area contributed by atoms with Crippen LogP contribution in [0.15, 0.2) is 81.3 Å². The number of imidazole rings is 1. The summed E-state index contributed by atoms with van der Waals surface area (Å²) >= 11 is 0. The Hall–Kier alpha value is -6.34. The third-order valence-electron chi connectivity index (χ3n) is 17.5. The van der Waals surface area contributed by atoms with E-state index in [-0.39, 0.29) is 59.8 Å². The third-order valence-corrected chi connectivity index (χ3v) is 21.2. The predicted molar refractivity (Wildman–Crippen MR) is 319 cm³/mol. The van der Waals surface area contributed by atoms with Crippen LogP contribution in [0.2, 0.25) is 0 Å². The van der Waals surface area contributed by atoms with Gasteiger partial charge in [-0.2, -0.15) is 8.61 Å². The number of nitrogens with zero attached hydrogens (tertiary/aromatic N) is 8. The van der Waals surface area contributed by atoms with Gasteiger partial charge in [0, 0.05) is 114 Å². The second kappa shape index (κ2) is 25.3. The number of hydrogen-bond donors (Lipinski definition) is 3. The number of nitrogens with one attached hydrogen (secondary N) is 2. The van der Waals surface area contributed by atoms with E-state index in [1.165, 1.54) is 13.5 Å². The lowest BCUT2D eigenvalue weighted by Crippen LogP contribution is -2.55. The van der Waals surface area contributed by atoms with Crippen molar-refractivity contribution in [2.45, 2.75) is 170 Å². The molecular weight excluding hydrogens is 1120 g/mol. The number of anilines is 2. The first-order chi connectivity index (χ1) is 39.7. The standard InChI is InChI=1S/C39H53N7O7S.C21H31N3O5S/c1-39(2,3)53-37(49)40-27-15-23-45(24-16-27)54(51,52)30-8-5-7-29(25-30)44-21-17-28(18-22-44)43-19-13-26(14-20-43)31-9-6-10-32-35(31)42(4)38(50)46(32)33-11-12-34(47)41-36(33)48;1-21(2,3)24(20(26)27)16-7-13-23(14-8-16)30(28,29)19-6-4-5-17(15-19)22-11-9-18(25)10-12-22/h5-10,25-28,33H,11-24H2,1-4H3,(H,40,49)(H,41,47,48);4-6,15-16H,7-14H2,1-3H3,(H,26,27). The van der Waals surface area contributed by atoms with Gasteiger partial charge in [-0.15, -0.1) is 0 Å². The number of amides is 4. The van der Waals surface area contributed by atoms with E-state index in [0.717, 1.165) is 79.8 Å². The molecule has 1 atom stereocenters. The lowest BCUT2D eigenvalue weighted by molar-refractivity contribution is -0.135. The molecule has 0 spiro atoms. The predicted octanol–water partition coefficient (Wildman–Crippen LogP) is 6.63. The fraction of sp³-hybridized carbons (Fsp3) is 0.600. The van der Waals surface area contributed by atoms with Gasteiger partial charge in [-0.1, -0.05) is 24.3 Å². The molecule has 22 nitrogen and oxygen atoms in total. The molecule has 0 saturated carbocycles. The van der Waals surface area contributed by atoms with Crippen molar-refractivity contribution in [3.8, 4) is 0 Å². The first kappa shape index (κ1) is 62.2. The van der Waals surface area contributed by atoms with Gasteiger partial charge in [0.1, 0.15) is 17.4 Å². The molecule has 6 saturated heterocycles. The van der Waals surface area contributed by atoms with Gasteiger partial charge in [-0.3, -0.25) is 28.8 Å². The normalized spacial score (nSPS) is 21.2. The van der Waals surface area contributed by atoms with Crippen molar-refractivity contribution in [1.29, 1.82) is 0 Å². The average Bonchev–Trinajstić information content (AvgIpc) is 2.75. The van der Waals surface area contributed by atoms with E-state index in [1.807, 2.05) is 76.8 Å². The number of para-hydroxylation sites is 1. The number of imide groups is 1. The zero-order valence-corrected chi connectivity index (χ0v) is 51.3. The minimum absolute atomic E-state index is 0.131. The van der Waals surface area contributed by atoms with Gasteiger partial charge in [0.2, 0.25) is 31.9 Å². The van der Waals surface area contributed by atoms with Crippen LogP contribution in [0.1, 0.15) is 136 Å². The van der Waals surface area contributed by atoms with Crippen LogP contribution in [-0.2, 0) is 46.2 Å². The van der Waals surface area contributed by atoms with E-state index < -0.39 is 55.3 Å². The molecule has 6 aliphatic rings. The smallest absolute Gasteiger partial charge is 0.407 e. The highest BCUT2D eigenvalue weighted by Crippen LogP contribution is 2.37. The molecule has 1 aromatic heterocycles. The number of alkyl carbamates (subject to hydrolysis) is 1. The highest BCUT2D eigenvalue weighted by molar-refractivity contribution is 7.89. The molecule has 4 aromatic rings. The van der Waals surface area contributed by atoms with E-state index in [4.69, 9.17) is 4.74 Å². The summed E-state index contributed by atoms with van der Waals surface area (Å²) in [6, 6.07) is 19.5. The van der Waals surface area contributed by atoms with Crippen molar-refractivity contribution in [2.24, 2.45) is 7.05 Å². The molecule has 7 heterocycles. The molecule has 24 heteroatoms. The molecule has 0 radical (unpaired) electrons. The summed E-state index contributed by atoms with van der Waals surface area (Å²) in [5, 5.41) is 14.9. The number of rotatable bonds is 11. The van der Waals surface area contributed by atoms with Crippen LogP contribution in [-0.4, -0.2) is 174 Å². The number of fused-ring (bicyclic) bond motifs is 1. The Labute approximate surface area is 493 Å². The Kier molecular flexibility index (Phi) is 18.7. The number of carbonyl (C=O) groups is 5. The van der Waals surface area contributed by atoms with Crippen LogP contribution in [0.4, 0.5) is 21.0 Å². The third kappa shape index (κ3) is 14.0. The van der Waals surface area contributed by atoms with E-state index >= 15 is 0 Å². The second-order valence-corrected chi connectivity index (χ2v) is 29.1. The molecule has 0 bridgehead atoms. The van der Waals surface area contributed by atoms with Crippen molar-refractivity contribution in [2.75, 3.05) is 75.2 Å². The molecule has 3 N–H and O–H groups in total. The zero-order valence-electron chi connectivity index (χ0n) is 49.6. The van der Waals surface area contributed by atoms with Crippen LogP contribution in [0.25, 0.3) is 11.0 Å². The molecule has 6 fully saturated rings. The first-order valence-electron chi connectivity index (χ1n) is 29.7. The highest BCUT2D eigenvalue weighted by atomic mass is 32.2. The SMILES string of the molecule is CC(C)(C)N(C(=O)O)C1CCN(S(=O)(=O)c2cccc(N3CCC(=O)CC3)c2)CC1.Cn1c(=O)n(C2CCC(=O)NC2=O)c2cccc(C3CCN(C4CCN(c5cccc(S(=O)(=O)N6CCC(NC(=O)OC(C)(C)C)CC6)c5)CC4)CC3)c21. The number of carboxylic acid groups (broad SMARTS) is 1. The molecule has 1 unspecified atom stereocenters. The molecule has 84 heavy (non-hydrogen) atoms. The van der Waals surface area contributed by atoms with Gasteiger partial charge in [-0.25, -0.2) is 31.2 Å². The summed E-state index contributed by atoms with van der Waals surface area (Å²) < 4.78 is 65.3. The van der Waals surface area contributed by atoms with Crippen molar-refractivity contribution in [1.82, 2.24) is 38.2 Å². The number of aryl methyl sites for hydroxylation is 1. The van der Waals surface area contributed by atoms with Crippen molar-refractivity contribution in [3.05, 3.63) is 82.8 Å². The Bertz CT molecular complexity index is 3370. The van der Waals surface area contributed by atoms with Crippen LogP contribution in [0, 0.1) is 0 Å². The maximum atomic E-state index is 13.7. The van der Waals surface area contributed by atoms with E-state index in [9.17, 15) is 50.7 Å². The number of benzene rings is 3. The summed E-state index contributed by atoms with van der Waals surface area (Å²) in [5.74, 6) is -0.206. The number of ether oxygens (including phenoxy) is 1. The van der Waals surface area contributed by atoms with Gasteiger partial charge in [0.15, 0.2) is 0 Å². The summed E-state index contributed by atoms with van der Waals surface area (Å²) in [7, 11) is -5.58. The fourth-order valence-electron chi connectivity index (χ4n) is 13.1. The Morgan fingerprint density at radius 1 is 0.655 bits per heavy atom. The molecule has 6 aliphatic heterocycles. The number of sulfonamides is 2. The number of carbonyl (C=O) groups excluding carboxylic acids is 4. The van der Waals surface area contributed by atoms with Crippen molar-refractivity contribution < 1.29 is 50.7 Å². The Morgan fingerprint density at radius 3 is 1.71 bits per heavy atom. The number of ketones is 1. The van der Waals surface area contributed by atoms with Crippen LogP contribution >= 0.6 is 0 Å². The van der Waals surface area contributed by atoms with Gasteiger partial charge in [0.05, 0.1) is 20.8 Å². The number of piperidine rings is 6. The minimum Gasteiger partial charge on any atom is -0.465 e. The summed E-state index contributed by atoms with van der Waals surface area (Å²) in [5.41, 5.74) is 3.08. The van der Waals surface area contributed by atoms with Crippen LogP contribution < -0.4 is 26.1 Å². The molecule has 10 rings (SSSR count).